The highest BCUT2D eigenvalue weighted by molar-refractivity contribution is 5.98. The number of fused-ring (bicyclic) bond motifs is 5. The molecule has 2 saturated carbocycles. The zero-order valence-corrected chi connectivity index (χ0v) is 20.4. The standard InChI is InChI=1S/C28H36N4O3/c29-23(10-11-26(33)34)27-28(35)32(25-7-2-1-6-24(25)30-27)22-15-19-8-9-20(16-22)31(19)21-13-17-4-3-5-18(12-17)14-21/h1-2,6-7,17-22,29H,3-5,8-16H2,(H,33,34)/t17?,18?,19-,20+,21?,22+. The molecular weight excluding hydrogens is 440 g/mol. The first kappa shape index (κ1) is 22.9. The van der Waals surface area contributed by atoms with Crippen LogP contribution >= 0.6 is 0 Å². The van der Waals surface area contributed by atoms with Gasteiger partial charge in [-0.15, -0.1) is 0 Å². The van der Waals surface area contributed by atoms with E-state index in [1.54, 1.807) is 0 Å². The molecule has 0 spiro atoms. The van der Waals surface area contributed by atoms with Gasteiger partial charge in [-0.3, -0.25) is 14.5 Å². The first-order chi connectivity index (χ1) is 17.0. The van der Waals surface area contributed by atoms with Gasteiger partial charge in [-0.2, -0.15) is 0 Å². The molecule has 35 heavy (non-hydrogen) atoms. The number of carbonyl (C=O) groups is 1. The van der Waals surface area contributed by atoms with Crippen LogP contribution in [0, 0.1) is 17.2 Å². The number of para-hydroxylation sites is 2. The Morgan fingerprint density at radius 3 is 2.29 bits per heavy atom. The molecule has 2 aliphatic heterocycles. The predicted octanol–water partition coefficient (Wildman–Crippen LogP) is 4.77. The van der Waals surface area contributed by atoms with Gasteiger partial charge in [0.1, 0.15) is 5.69 Å². The van der Waals surface area contributed by atoms with E-state index in [0.717, 1.165) is 30.2 Å². The molecule has 0 radical (unpaired) electrons. The van der Waals surface area contributed by atoms with Crippen molar-refractivity contribution in [3.63, 3.8) is 0 Å². The molecule has 2 saturated heterocycles. The van der Waals surface area contributed by atoms with Gasteiger partial charge in [0.2, 0.25) is 0 Å². The lowest BCUT2D eigenvalue weighted by atomic mass is 9.69. The van der Waals surface area contributed by atoms with Crippen LogP contribution in [0.5, 0.6) is 0 Å². The van der Waals surface area contributed by atoms with Crippen LogP contribution in [-0.2, 0) is 4.79 Å². The molecule has 7 nitrogen and oxygen atoms in total. The van der Waals surface area contributed by atoms with Crippen LogP contribution in [0.3, 0.4) is 0 Å². The number of piperidine rings is 1. The third-order valence-electron chi connectivity index (χ3n) is 9.32. The highest BCUT2D eigenvalue weighted by Crippen LogP contribution is 2.48. The third kappa shape index (κ3) is 4.22. The summed E-state index contributed by atoms with van der Waals surface area (Å²) >= 11 is 0. The number of carboxylic acid groups (broad SMARTS) is 1. The maximum Gasteiger partial charge on any atom is 0.303 e. The summed E-state index contributed by atoms with van der Waals surface area (Å²) in [6, 6.07) is 9.56. The van der Waals surface area contributed by atoms with Crippen molar-refractivity contribution < 1.29 is 9.90 Å². The molecule has 1 aromatic carbocycles. The number of hydrogen-bond donors (Lipinski definition) is 2. The van der Waals surface area contributed by atoms with Gasteiger partial charge in [0.15, 0.2) is 0 Å². The number of nitrogens with zero attached hydrogens (tertiary/aromatic N) is 3. The maximum absolute atomic E-state index is 13.7. The first-order valence-corrected chi connectivity index (χ1v) is 13.6. The number of aliphatic carboxylic acids is 1. The normalized spacial score (nSPS) is 32.6. The minimum Gasteiger partial charge on any atom is -0.481 e. The number of rotatable bonds is 6. The lowest BCUT2D eigenvalue weighted by Crippen LogP contribution is -2.52. The Morgan fingerprint density at radius 2 is 1.60 bits per heavy atom. The summed E-state index contributed by atoms with van der Waals surface area (Å²) < 4.78 is 1.91. The lowest BCUT2D eigenvalue weighted by Gasteiger charge is -2.49. The molecule has 4 fully saturated rings. The molecule has 2 aliphatic carbocycles. The molecule has 186 valence electrons. The Balaban J connectivity index is 1.30. The van der Waals surface area contributed by atoms with Crippen LogP contribution in [-0.4, -0.2) is 49.4 Å². The Kier molecular flexibility index (Phi) is 5.99. The number of aromatic nitrogens is 2. The number of carboxylic acids is 1. The van der Waals surface area contributed by atoms with Crippen LogP contribution < -0.4 is 5.56 Å². The smallest absolute Gasteiger partial charge is 0.303 e. The summed E-state index contributed by atoms with van der Waals surface area (Å²) in [5.74, 6) is 0.859. The van der Waals surface area contributed by atoms with Gasteiger partial charge in [-0.25, -0.2) is 4.98 Å². The van der Waals surface area contributed by atoms with Gasteiger partial charge in [0.25, 0.3) is 5.56 Å². The van der Waals surface area contributed by atoms with E-state index in [0.29, 0.717) is 23.6 Å². The van der Waals surface area contributed by atoms with Crippen molar-refractivity contribution in [3.05, 3.63) is 40.3 Å². The van der Waals surface area contributed by atoms with Crippen molar-refractivity contribution in [3.8, 4) is 0 Å². The molecular formula is C28H36N4O3. The molecule has 1 aromatic heterocycles. The fraction of sp³-hybridized carbons (Fsp3) is 0.643. The van der Waals surface area contributed by atoms with Crippen LogP contribution in [0.4, 0.5) is 0 Å². The van der Waals surface area contributed by atoms with Crippen molar-refractivity contribution in [2.75, 3.05) is 0 Å². The molecule has 3 heterocycles. The van der Waals surface area contributed by atoms with E-state index in [1.165, 1.54) is 51.4 Å². The Labute approximate surface area is 206 Å². The monoisotopic (exact) mass is 476 g/mol. The summed E-state index contributed by atoms with van der Waals surface area (Å²) in [5, 5.41) is 17.5. The lowest BCUT2D eigenvalue weighted by molar-refractivity contribution is -0.136. The molecule has 4 aliphatic rings. The predicted molar refractivity (Wildman–Crippen MR) is 135 cm³/mol. The molecule has 5 atom stereocenters. The Morgan fingerprint density at radius 1 is 0.914 bits per heavy atom. The Bertz CT molecular complexity index is 1180. The van der Waals surface area contributed by atoms with Gasteiger partial charge in [-0.1, -0.05) is 31.4 Å². The van der Waals surface area contributed by atoms with E-state index >= 15 is 0 Å². The second kappa shape index (κ2) is 9.16. The number of hydrogen-bond acceptors (Lipinski definition) is 5. The van der Waals surface area contributed by atoms with Crippen molar-refractivity contribution in [1.29, 1.82) is 5.41 Å². The van der Waals surface area contributed by atoms with E-state index in [2.05, 4.69) is 9.88 Å². The zero-order chi connectivity index (χ0) is 24.1. The molecule has 0 amide bonds. The van der Waals surface area contributed by atoms with Crippen molar-refractivity contribution in [2.24, 2.45) is 11.8 Å². The van der Waals surface area contributed by atoms with Gasteiger partial charge in [0, 0.05) is 30.6 Å². The van der Waals surface area contributed by atoms with Crippen LogP contribution in [0.2, 0.25) is 0 Å². The van der Waals surface area contributed by atoms with Crippen LogP contribution in [0.25, 0.3) is 11.0 Å². The number of nitrogens with one attached hydrogen (secondary N) is 1. The number of benzene rings is 1. The zero-order valence-electron chi connectivity index (χ0n) is 20.4. The second-order valence-electron chi connectivity index (χ2n) is 11.5. The molecule has 7 heteroatoms. The minimum absolute atomic E-state index is 0.0175. The largest absolute Gasteiger partial charge is 0.481 e. The molecule has 6 rings (SSSR count). The Hall–Kier alpha value is -2.54. The molecule has 2 unspecified atom stereocenters. The van der Waals surface area contributed by atoms with Gasteiger partial charge in [-0.05, 0) is 68.9 Å². The fourth-order valence-corrected chi connectivity index (χ4v) is 7.99. The summed E-state index contributed by atoms with van der Waals surface area (Å²) in [7, 11) is 0. The molecule has 2 N–H and O–H groups in total. The van der Waals surface area contributed by atoms with E-state index in [1.807, 2.05) is 28.8 Å². The van der Waals surface area contributed by atoms with E-state index < -0.39 is 5.97 Å². The summed E-state index contributed by atoms with van der Waals surface area (Å²) in [6.45, 7) is 0. The van der Waals surface area contributed by atoms with Crippen LogP contribution in [0.15, 0.2) is 29.1 Å². The van der Waals surface area contributed by atoms with E-state index in [9.17, 15) is 9.59 Å². The van der Waals surface area contributed by atoms with Gasteiger partial charge < -0.3 is 15.1 Å². The second-order valence-corrected chi connectivity index (χ2v) is 11.5. The van der Waals surface area contributed by atoms with Crippen molar-refractivity contribution >= 4 is 22.7 Å². The fourth-order valence-electron chi connectivity index (χ4n) is 7.99. The average molecular weight is 477 g/mol. The van der Waals surface area contributed by atoms with E-state index in [-0.39, 0.29) is 35.8 Å². The van der Waals surface area contributed by atoms with Crippen molar-refractivity contribution in [1.82, 2.24) is 14.5 Å². The topological polar surface area (TPSA) is 99.3 Å². The molecule has 4 bridgehead atoms. The summed E-state index contributed by atoms with van der Waals surface area (Å²) in [5.41, 5.74) is 1.43. The van der Waals surface area contributed by atoms with Gasteiger partial charge in [0.05, 0.1) is 23.2 Å². The molecule has 2 aromatic rings. The van der Waals surface area contributed by atoms with Crippen molar-refractivity contribution in [2.45, 2.75) is 101 Å². The summed E-state index contributed by atoms with van der Waals surface area (Å²) in [4.78, 5) is 32.1. The van der Waals surface area contributed by atoms with Gasteiger partial charge >= 0.3 is 5.97 Å². The SMILES string of the molecule is N=C(CCC(=O)O)c1nc2ccccc2n([C@H]2C[C@H]3CC[C@@H](C2)N3C2CC3CCCC(C3)C2)c1=O. The minimum atomic E-state index is -0.966. The highest BCUT2D eigenvalue weighted by atomic mass is 16.4. The average Bonchev–Trinajstić information content (AvgIpc) is 3.11. The first-order valence-electron chi connectivity index (χ1n) is 13.6. The highest BCUT2D eigenvalue weighted by Gasteiger charge is 2.47. The maximum atomic E-state index is 13.7. The van der Waals surface area contributed by atoms with Crippen LogP contribution in [0.1, 0.15) is 88.8 Å². The summed E-state index contributed by atoms with van der Waals surface area (Å²) in [6.07, 6.45) is 12.6. The third-order valence-corrected chi connectivity index (χ3v) is 9.32. The van der Waals surface area contributed by atoms with E-state index in [4.69, 9.17) is 10.5 Å². The quantitative estimate of drug-likeness (QED) is 0.585.